The van der Waals surface area contributed by atoms with Gasteiger partial charge >= 0.3 is 5.97 Å². The second-order valence-corrected chi connectivity index (χ2v) is 17.7. The Morgan fingerprint density at radius 2 is 1.60 bits per heavy atom. The minimum atomic E-state index is -1.76. The molecule has 0 unspecified atom stereocenters. The van der Waals surface area contributed by atoms with Crippen LogP contribution in [0.15, 0.2) is 17.8 Å². The van der Waals surface area contributed by atoms with E-state index in [1.807, 2.05) is 10.9 Å². The average Bonchev–Trinajstić information content (AvgIpc) is 3.90. The normalized spacial score (nSPS) is 49.8. The predicted molar refractivity (Wildman–Crippen MR) is 186 cm³/mol. The summed E-state index contributed by atoms with van der Waals surface area (Å²) >= 11 is 0. The standard InChI is InChI=1S/C38H57N3O14/c1-36-8-5-21(12-19(36)3-4-24-23(36)6-9-37(2)22(7-10-38(24,37)50)18-11-27(44)51-16-18)41-13-20(39-40-41)17-52-34-32(49)30(47)33(26(15-43)54-34)55-35-31(48)29(46)28(45)25(14-42)53-35/h11,13,19,21-26,28-35,42-43,45-50H,3-10,12,14-17H2,1-2H3/t19-,21+,22-,23+,24-,25-,26-,28-,29+,30-,31-,32-,33-,34-,35-,36+,37-,38+/m1/s1. The molecule has 1 aromatic rings. The minimum Gasteiger partial charge on any atom is -0.458 e. The maximum atomic E-state index is 12.5. The van der Waals surface area contributed by atoms with Crippen molar-refractivity contribution in [2.24, 2.45) is 34.5 Å². The summed E-state index contributed by atoms with van der Waals surface area (Å²) < 4.78 is 29.7. The van der Waals surface area contributed by atoms with Gasteiger partial charge in [0.05, 0.1) is 37.7 Å². The number of aromatic nitrogens is 3. The molecule has 0 bridgehead atoms. The highest BCUT2D eigenvalue weighted by Crippen LogP contribution is 2.70. The summed E-state index contributed by atoms with van der Waals surface area (Å²) in [7, 11) is 0. The lowest BCUT2D eigenvalue weighted by Gasteiger charge is -2.63. The van der Waals surface area contributed by atoms with E-state index in [2.05, 4.69) is 24.2 Å². The third-order valence-corrected chi connectivity index (χ3v) is 15.2. The molecule has 4 saturated carbocycles. The van der Waals surface area contributed by atoms with Gasteiger partial charge in [0.15, 0.2) is 12.6 Å². The molecular weight excluding hydrogens is 722 g/mol. The van der Waals surface area contributed by atoms with Gasteiger partial charge in [-0.1, -0.05) is 19.1 Å². The van der Waals surface area contributed by atoms with Gasteiger partial charge in [0.2, 0.25) is 0 Å². The average molecular weight is 780 g/mol. The number of fused-ring (bicyclic) bond motifs is 5. The Hall–Kier alpha value is -2.13. The number of aliphatic hydroxyl groups excluding tert-OH is 7. The lowest BCUT2D eigenvalue weighted by Crippen LogP contribution is -2.64. The van der Waals surface area contributed by atoms with Crippen LogP contribution in [0, 0.1) is 34.5 Å². The number of aliphatic hydroxyl groups is 8. The van der Waals surface area contributed by atoms with Crippen molar-refractivity contribution in [1.82, 2.24) is 15.0 Å². The molecule has 4 heterocycles. The highest BCUT2D eigenvalue weighted by atomic mass is 16.7. The van der Waals surface area contributed by atoms with Crippen molar-refractivity contribution in [3.63, 3.8) is 0 Å². The van der Waals surface area contributed by atoms with Crippen molar-refractivity contribution in [1.29, 1.82) is 0 Å². The number of rotatable bonds is 9. The van der Waals surface area contributed by atoms with Crippen molar-refractivity contribution < 1.29 is 69.3 Å². The van der Waals surface area contributed by atoms with Gasteiger partial charge < -0.3 is 64.5 Å². The fourth-order valence-corrected chi connectivity index (χ4v) is 12.0. The van der Waals surface area contributed by atoms with E-state index in [0.717, 1.165) is 63.4 Å². The quantitative estimate of drug-likeness (QED) is 0.143. The molecule has 8 rings (SSSR count). The minimum absolute atomic E-state index is 0.0930. The van der Waals surface area contributed by atoms with Crippen molar-refractivity contribution in [2.45, 2.75) is 151 Å². The lowest BCUT2D eigenvalue weighted by atomic mass is 9.43. The number of hydrogen-bond acceptors (Lipinski definition) is 16. The van der Waals surface area contributed by atoms with Gasteiger partial charge in [-0.15, -0.1) is 5.10 Å². The first-order chi connectivity index (χ1) is 26.2. The second kappa shape index (κ2) is 14.9. The van der Waals surface area contributed by atoms with Gasteiger partial charge in [0.1, 0.15) is 61.1 Å². The SMILES string of the molecule is C[C@]12CC[C@H](n3cc(CO[C@@H]4O[C@H](CO)[C@@H](O[C@H]5O[C@H](CO)[C@@H](O)[C@H](O)[C@H]5O)[C@H](O)[C@H]4O)nn3)C[C@H]1CC[C@@H]1[C@@H]2CC[C@]2(C)[C@@H](C3=CC(=O)OC3)CC[C@]12O. The zero-order chi connectivity index (χ0) is 39.0. The predicted octanol–water partition coefficient (Wildman–Crippen LogP) is -0.783. The van der Waals surface area contributed by atoms with Crippen molar-refractivity contribution in [3.05, 3.63) is 23.5 Å². The Morgan fingerprint density at radius 3 is 2.33 bits per heavy atom. The van der Waals surface area contributed by atoms with Gasteiger partial charge in [0.25, 0.3) is 0 Å². The van der Waals surface area contributed by atoms with Crippen LogP contribution in [-0.4, -0.2) is 149 Å². The van der Waals surface area contributed by atoms with Gasteiger partial charge in [-0.2, -0.15) is 0 Å². The summed E-state index contributed by atoms with van der Waals surface area (Å²) in [5.41, 5.74) is 0.585. The van der Waals surface area contributed by atoms with E-state index in [4.69, 9.17) is 23.7 Å². The summed E-state index contributed by atoms with van der Waals surface area (Å²) in [6, 6.07) is 0.132. The van der Waals surface area contributed by atoms with Crippen LogP contribution in [0.25, 0.3) is 0 Å². The Kier molecular flexibility index (Phi) is 10.8. The van der Waals surface area contributed by atoms with Crippen LogP contribution in [0.3, 0.4) is 0 Å². The van der Waals surface area contributed by atoms with Gasteiger partial charge in [-0.3, -0.25) is 0 Å². The van der Waals surface area contributed by atoms with Gasteiger partial charge in [-0.25, -0.2) is 9.48 Å². The molecule has 0 radical (unpaired) electrons. The zero-order valence-electron chi connectivity index (χ0n) is 31.4. The molecular formula is C38H57N3O14. The summed E-state index contributed by atoms with van der Waals surface area (Å²) in [6.45, 7) is 3.55. The molecule has 0 spiro atoms. The van der Waals surface area contributed by atoms with Gasteiger partial charge in [0, 0.05) is 11.5 Å². The summed E-state index contributed by atoms with van der Waals surface area (Å²) in [4.78, 5) is 11.9. The van der Waals surface area contributed by atoms with Gasteiger partial charge in [-0.05, 0) is 92.4 Å². The maximum absolute atomic E-state index is 12.5. The molecule has 55 heavy (non-hydrogen) atoms. The summed E-state index contributed by atoms with van der Waals surface area (Å²) in [5, 5.41) is 93.2. The molecule has 1 aromatic heterocycles. The highest BCUT2D eigenvalue weighted by molar-refractivity contribution is 5.85. The third-order valence-electron chi connectivity index (χ3n) is 15.2. The Bertz CT molecular complexity index is 1590. The number of carbonyl (C=O) groups excluding carboxylic acids is 1. The molecule has 7 aliphatic rings. The van der Waals surface area contributed by atoms with E-state index in [1.54, 1.807) is 6.08 Å². The van der Waals surface area contributed by atoms with E-state index in [1.165, 1.54) is 0 Å². The van der Waals surface area contributed by atoms with Crippen LogP contribution < -0.4 is 0 Å². The topological polar surface area (TPSA) is 256 Å². The van der Waals surface area contributed by atoms with Crippen molar-refractivity contribution in [2.75, 3.05) is 19.8 Å². The van der Waals surface area contributed by atoms with E-state index < -0.39 is 80.2 Å². The molecule has 308 valence electrons. The molecule has 3 aliphatic heterocycles. The lowest BCUT2D eigenvalue weighted by molar-refractivity contribution is -0.360. The van der Waals surface area contributed by atoms with Crippen LogP contribution >= 0.6 is 0 Å². The first kappa shape index (κ1) is 39.7. The molecule has 4 aliphatic carbocycles. The highest BCUT2D eigenvalue weighted by Gasteiger charge is 2.68. The van der Waals surface area contributed by atoms with Crippen LogP contribution in [0.2, 0.25) is 0 Å². The number of cyclic esters (lactones) is 1. The molecule has 0 amide bonds. The maximum Gasteiger partial charge on any atom is 0.331 e. The second-order valence-electron chi connectivity index (χ2n) is 17.7. The molecule has 18 atom stereocenters. The molecule has 0 aromatic carbocycles. The Labute approximate surface area is 319 Å². The van der Waals surface area contributed by atoms with E-state index in [9.17, 15) is 45.6 Å². The van der Waals surface area contributed by atoms with Crippen LogP contribution in [0.1, 0.15) is 83.4 Å². The van der Waals surface area contributed by atoms with Crippen LogP contribution in [0.4, 0.5) is 0 Å². The first-order valence-electron chi connectivity index (χ1n) is 19.9. The summed E-state index contributed by atoms with van der Waals surface area (Å²) in [5.74, 6) is 0.999. The molecule has 17 nitrogen and oxygen atoms in total. The van der Waals surface area contributed by atoms with Crippen LogP contribution in [0.5, 0.6) is 0 Å². The summed E-state index contributed by atoms with van der Waals surface area (Å²) in [6.07, 6.45) is -3.37. The fraction of sp³-hybridized carbons (Fsp3) is 0.868. The van der Waals surface area contributed by atoms with E-state index >= 15 is 0 Å². The first-order valence-corrected chi connectivity index (χ1v) is 19.9. The molecule has 6 fully saturated rings. The fourth-order valence-electron chi connectivity index (χ4n) is 12.0. The smallest absolute Gasteiger partial charge is 0.331 e. The number of ether oxygens (including phenoxy) is 5. The zero-order valence-corrected chi connectivity index (χ0v) is 31.4. The number of hydrogen-bond donors (Lipinski definition) is 8. The Balaban J connectivity index is 0.870. The molecule has 2 saturated heterocycles. The Morgan fingerprint density at radius 1 is 0.855 bits per heavy atom. The van der Waals surface area contributed by atoms with E-state index in [-0.39, 0.29) is 41.3 Å². The number of carbonyl (C=O) groups is 1. The number of esters is 1. The monoisotopic (exact) mass is 779 g/mol. The molecule has 17 heteroatoms. The van der Waals surface area contributed by atoms with Crippen molar-refractivity contribution >= 4 is 5.97 Å². The number of nitrogens with zero attached hydrogens (tertiary/aromatic N) is 3. The largest absolute Gasteiger partial charge is 0.458 e. The molecule has 8 N–H and O–H groups in total. The van der Waals surface area contributed by atoms with E-state index in [0.29, 0.717) is 24.1 Å². The third kappa shape index (κ3) is 6.50. The van der Waals surface area contributed by atoms with Crippen molar-refractivity contribution in [3.8, 4) is 0 Å². The van der Waals surface area contributed by atoms with Crippen LogP contribution in [-0.2, 0) is 35.1 Å².